The number of benzene rings is 2. The maximum atomic E-state index is 13.2. The van der Waals surface area contributed by atoms with Crippen LogP contribution in [0.2, 0.25) is 10.0 Å². The van der Waals surface area contributed by atoms with E-state index < -0.39 is 23.3 Å². The molecule has 1 atom stereocenters. The normalized spacial score (nSPS) is 11.6. The fourth-order valence-corrected chi connectivity index (χ4v) is 3.63. The van der Waals surface area contributed by atoms with E-state index in [-0.39, 0.29) is 34.0 Å². The van der Waals surface area contributed by atoms with E-state index in [1.807, 2.05) is 12.1 Å². The van der Waals surface area contributed by atoms with Gasteiger partial charge in [-0.2, -0.15) is 5.26 Å². The standard InChI is InChI=1S/C23H18Cl2N2O4/c1-13-17(11-26)22(29)27(12-15-6-4-3-5-7-15)23(30)20(13)21(28)14(2)31-19-9-8-16(24)10-18(19)25/h3-10,14,30H,12H2,1-2H3. The van der Waals surface area contributed by atoms with Crippen molar-refractivity contribution < 1.29 is 14.6 Å². The Hall–Kier alpha value is -3.27. The van der Waals surface area contributed by atoms with Gasteiger partial charge in [0.25, 0.3) is 5.56 Å². The maximum absolute atomic E-state index is 13.2. The lowest BCUT2D eigenvalue weighted by Crippen LogP contribution is -2.31. The van der Waals surface area contributed by atoms with Crippen LogP contribution in [0, 0.1) is 18.3 Å². The third kappa shape index (κ3) is 4.58. The average Bonchev–Trinajstić information content (AvgIpc) is 2.74. The number of carbonyl (C=O) groups excluding carboxylic acids is 1. The molecular weight excluding hydrogens is 439 g/mol. The van der Waals surface area contributed by atoms with Gasteiger partial charge >= 0.3 is 0 Å². The first kappa shape index (κ1) is 22.4. The van der Waals surface area contributed by atoms with Gasteiger partial charge < -0.3 is 9.84 Å². The number of hydrogen-bond acceptors (Lipinski definition) is 5. The van der Waals surface area contributed by atoms with Crippen molar-refractivity contribution in [1.82, 2.24) is 4.57 Å². The lowest BCUT2D eigenvalue weighted by molar-refractivity contribution is 0.0813. The lowest BCUT2D eigenvalue weighted by atomic mass is 9.99. The number of nitriles is 1. The molecule has 0 saturated carbocycles. The molecule has 6 nitrogen and oxygen atoms in total. The van der Waals surface area contributed by atoms with E-state index in [0.29, 0.717) is 5.02 Å². The topological polar surface area (TPSA) is 92.3 Å². The largest absolute Gasteiger partial charge is 0.494 e. The smallest absolute Gasteiger partial charge is 0.271 e. The van der Waals surface area contributed by atoms with Crippen LogP contribution in [0.25, 0.3) is 0 Å². The van der Waals surface area contributed by atoms with Gasteiger partial charge in [0.15, 0.2) is 6.10 Å². The Bertz CT molecular complexity index is 1250. The van der Waals surface area contributed by atoms with E-state index in [1.165, 1.54) is 26.0 Å². The zero-order chi connectivity index (χ0) is 22.7. The predicted octanol–water partition coefficient (Wildman–Crippen LogP) is 4.74. The second-order valence-corrected chi connectivity index (χ2v) is 7.73. The maximum Gasteiger partial charge on any atom is 0.271 e. The molecule has 158 valence electrons. The summed E-state index contributed by atoms with van der Waals surface area (Å²) in [7, 11) is 0. The number of rotatable bonds is 6. The van der Waals surface area contributed by atoms with Crippen LogP contribution in [0.15, 0.2) is 53.3 Å². The Morgan fingerprint density at radius 3 is 2.52 bits per heavy atom. The van der Waals surface area contributed by atoms with E-state index in [1.54, 1.807) is 30.3 Å². The van der Waals surface area contributed by atoms with E-state index in [9.17, 15) is 20.0 Å². The fourth-order valence-electron chi connectivity index (χ4n) is 3.18. The number of aromatic nitrogens is 1. The average molecular weight is 457 g/mol. The highest BCUT2D eigenvalue weighted by Crippen LogP contribution is 2.30. The van der Waals surface area contributed by atoms with Gasteiger partial charge in [-0.3, -0.25) is 14.2 Å². The summed E-state index contributed by atoms with van der Waals surface area (Å²) in [6.45, 7) is 2.94. The fraction of sp³-hybridized carbons (Fsp3) is 0.174. The van der Waals surface area contributed by atoms with Crippen molar-refractivity contribution in [3.05, 3.63) is 91.2 Å². The van der Waals surface area contributed by atoms with E-state index in [4.69, 9.17) is 27.9 Å². The van der Waals surface area contributed by atoms with Gasteiger partial charge in [-0.15, -0.1) is 0 Å². The molecule has 0 aliphatic heterocycles. The van der Waals surface area contributed by atoms with Crippen LogP contribution in [0.3, 0.4) is 0 Å². The molecule has 8 heteroatoms. The van der Waals surface area contributed by atoms with Gasteiger partial charge in [-0.1, -0.05) is 53.5 Å². The molecule has 3 aromatic rings. The van der Waals surface area contributed by atoms with Crippen LogP contribution in [0.4, 0.5) is 0 Å². The van der Waals surface area contributed by atoms with Crippen molar-refractivity contribution in [2.24, 2.45) is 0 Å². The van der Waals surface area contributed by atoms with Gasteiger partial charge in [0, 0.05) is 5.02 Å². The van der Waals surface area contributed by atoms with Crippen molar-refractivity contribution in [2.75, 3.05) is 0 Å². The number of aromatic hydroxyl groups is 1. The summed E-state index contributed by atoms with van der Waals surface area (Å²) in [5.41, 5.74) is -0.217. The van der Waals surface area contributed by atoms with E-state index in [0.717, 1.165) is 10.1 Å². The van der Waals surface area contributed by atoms with Gasteiger partial charge in [-0.05, 0) is 43.2 Å². The molecule has 1 aromatic heterocycles. The molecule has 0 spiro atoms. The first-order chi connectivity index (χ1) is 14.7. The van der Waals surface area contributed by atoms with Gasteiger partial charge in [0.2, 0.25) is 11.7 Å². The quantitative estimate of drug-likeness (QED) is 0.540. The number of halogens is 2. The monoisotopic (exact) mass is 456 g/mol. The summed E-state index contributed by atoms with van der Waals surface area (Å²) in [5.74, 6) is -0.880. The minimum absolute atomic E-state index is 0.000995. The number of ketones is 1. The molecule has 1 unspecified atom stereocenters. The Labute approximate surface area is 188 Å². The second kappa shape index (κ2) is 9.25. The Morgan fingerprint density at radius 1 is 1.23 bits per heavy atom. The summed E-state index contributed by atoms with van der Waals surface area (Å²) in [5, 5.41) is 21.0. The highest BCUT2D eigenvalue weighted by atomic mass is 35.5. The SMILES string of the molecule is Cc1c(C(=O)C(C)Oc2ccc(Cl)cc2Cl)c(O)n(Cc2ccccc2)c(=O)c1C#N. The second-order valence-electron chi connectivity index (χ2n) is 6.89. The van der Waals surface area contributed by atoms with Crippen LogP contribution in [-0.2, 0) is 6.54 Å². The van der Waals surface area contributed by atoms with Crippen molar-refractivity contribution in [3.8, 4) is 17.7 Å². The first-order valence-electron chi connectivity index (χ1n) is 9.30. The minimum Gasteiger partial charge on any atom is -0.494 e. The zero-order valence-electron chi connectivity index (χ0n) is 16.7. The molecule has 0 amide bonds. The number of ether oxygens (including phenoxy) is 1. The molecule has 1 N–H and O–H groups in total. The first-order valence-corrected chi connectivity index (χ1v) is 10.1. The number of nitrogens with zero attached hydrogens (tertiary/aromatic N) is 2. The predicted molar refractivity (Wildman–Crippen MR) is 118 cm³/mol. The lowest BCUT2D eigenvalue weighted by Gasteiger charge is -2.19. The molecule has 0 aliphatic rings. The summed E-state index contributed by atoms with van der Waals surface area (Å²) in [6.07, 6.45) is -1.06. The van der Waals surface area contributed by atoms with Crippen LogP contribution < -0.4 is 10.3 Å². The summed E-state index contributed by atoms with van der Waals surface area (Å²) < 4.78 is 6.68. The molecular formula is C23H18Cl2N2O4. The Morgan fingerprint density at radius 2 is 1.90 bits per heavy atom. The minimum atomic E-state index is -1.06. The van der Waals surface area contributed by atoms with E-state index >= 15 is 0 Å². The molecule has 0 bridgehead atoms. The summed E-state index contributed by atoms with van der Waals surface area (Å²) in [4.78, 5) is 25.9. The molecule has 2 aromatic carbocycles. The number of hydrogen-bond donors (Lipinski definition) is 1. The molecule has 0 fully saturated rings. The zero-order valence-corrected chi connectivity index (χ0v) is 18.2. The third-order valence-corrected chi connectivity index (χ3v) is 5.33. The van der Waals surface area contributed by atoms with Crippen molar-refractivity contribution in [1.29, 1.82) is 5.26 Å². The molecule has 3 rings (SSSR count). The molecule has 0 saturated heterocycles. The highest BCUT2D eigenvalue weighted by molar-refractivity contribution is 6.35. The Kier molecular flexibility index (Phi) is 6.69. The van der Waals surface area contributed by atoms with Crippen LogP contribution >= 0.6 is 23.2 Å². The summed E-state index contributed by atoms with van der Waals surface area (Å²) >= 11 is 12.0. The number of carbonyl (C=O) groups is 1. The van der Waals surface area contributed by atoms with Crippen molar-refractivity contribution in [2.45, 2.75) is 26.5 Å². The molecule has 1 heterocycles. The van der Waals surface area contributed by atoms with Crippen molar-refractivity contribution >= 4 is 29.0 Å². The van der Waals surface area contributed by atoms with Crippen LogP contribution in [0.1, 0.15) is 34.0 Å². The van der Waals surface area contributed by atoms with E-state index in [2.05, 4.69) is 0 Å². The summed E-state index contributed by atoms with van der Waals surface area (Å²) in [6, 6.07) is 15.3. The van der Waals surface area contributed by atoms with Gasteiger partial charge in [-0.25, -0.2) is 0 Å². The molecule has 31 heavy (non-hydrogen) atoms. The van der Waals surface area contributed by atoms with Crippen LogP contribution in [-0.4, -0.2) is 21.6 Å². The molecule has 0 radical (unpaired) electrons. The number of Topliss-reactive ketones (excluding diaryl/α,β-unsaturated/α-hetero) is 1. The van der Waals surface area contributed by atoms with Gasteiger partial charge in [0.05, 0.1) is 17.1 Å². The Balaban J connectivity index is 2.05. The highest BCUT2D eigenvalue weighted by Gasteiger charge is 2.28. The molecule has 0 aliphatic carbocycles. The van der Waals surface area contributed by atoms with Gasteiger partial charge in [0.1, 0.15) is 17.4 Å². The van der Waals surface area contributed by atoms with Crippen molar-refractivity contribution in [3.63, 3.8) is 0 Å². The number of pyridine rings is 1. The van der Waals surface area contributed by atoms with Crippen LogP contribution in [0.5, 0.6) is 11.6 Å². The third-order valence-electron chi connectivity index (χ3n) is 4.80.